The Morgan fingerprint density at radius 3 is 2.56 bits per heavy atom. The van der Waals surface area contributed by atoms with Crippen LogP contribution in [0.15, 0.2) is 18.2 Å². The third-order valence-corrected chi connectivity index (χ3v) is 3.83. The lowest BCUT2D eigenvalue weighted by Crippen LogP contribution is -2.23. The number of carbonyl (C=O) groups is 1. The Morgan fingerprint density at radius 2 is 2.00 bits per heavy atom. The van der Waals surface area contributed by atoms with E-state index in [1.54, 1.807) is 18.2 Å². The smallest absolute Gasteiger partial charge is 0.307 e. The van der Waals surface area contributed by atoms with E-state index in [-0.39, 0.29) is 6.42 Å². The highest BCUT2D eigenvalue weighted by Crippen LogP contribution is 2.43. The molecule has 0 aromatic heterocycles. The van der Waals surface area contributed by atoms with Gasteiger partial charge in [0.25, 0.3) is 0 Å². The van der Waals surface area contributed by atoms with Crippen LogP contribution in [0.4, 0.5) is 4.39 Å². The van der Waals surface area contributed by atoms with E-state index < -0.39 is 11.6 Å². The van der Waals surface area contributed by atoms with Crippen LogP contribution in [0, 0.1) is 0 Å². The summed E-state index contributed by atoms with van der Waals surface area (Å²) in [5.74, 6) is -0.911. The zero-order valence-electron chi connectivity index (χ0n) is 10.1. The quantitative estimate of drug-likeness (QED) is 0.898. The van der Waals surface area contributed by atoms with E-state index in [4.69, 9.17) is 16.7 Å². The van der Waals surface area contributed by atoms with Gasteiger partial charge in [0.2, 0.25) is 0 Å². The highest BCUT2D eigenvalue weighted by Gasteiger charge is 2.35. The van der Waals surface area contributed by atoms with Gasteiger partial charge in [-0.05, 0) is 37.3 Å². The van der Waals surface area contributed by atoms with Gasteiger partial charge >= 0.3 is 5.97 Å². The first-order valence-electron chi connectivity index (χ1n) is 6.21. The molecule has 0 saturated heterocycles. The number of aliphatic carboxylic acids is 1. The molecular weight excluding hydrogens is 255 g/mol. The molecule has 1 saturated carbocycles. The van der Waals surface area contributed by atoms with Crippen molar-refractivity contribution in [3.63, 3.8) is 0 Å². The fourth-order valence-corrected chi connectivity index (χ4v) is 2.96. The number of carboxylic acid groups (broad SMARTS) is 1. The first kappa shape index (κ1) is 13.3. The van der Waals surface area contributed by atoms with Gasteiger partial charge in [-0.1, -0.05) is 30.2 Å². The summed E-state index contributed by atoms with van der Waals surface area (Å²) in [5.41, 5.74) is -0.217. The minimum absolute atomic E-state index is 0.0840. The monoisotopic (exact) mass is 270 g/mol. The molecule has 98 valence electrons. The molecule has 2 nitrogen and oxygen atoms in total. The van der Waals surface area contributed by atoms with E-state index in [9.17, 15) is 9.18 Å². The molecule has 1 fully saturated rings. The standard InChI is InChI=1S/C14H16ClFO2/c15-12-8-10(9-13(17)18)4-5-11(12)14(16)6-2-1-3-7-14/h4-5,8H,1-3,6-7,9H2,(H,17,18). The molecule has 0 atom stereocenters. The second kappa shape index (κ2) is 5.27. The van der Waals surface area contributed by atoms with E-state index >= 15 is 0 Å². The second-order valence-corrected chi connectivity index (χ2v) is 5.32. The molecule has 0 bridgehead atoms. The SMILES string of the molecule is O=C(O)Cc1ccc(C2(F)CCCCC2)c(Cl)c1. The first-order valence-corrected chi connectivity index (χ1v) is 6.59. The van der Waals surface area contributed by atoms with Crippen LogP contribution in [0.25, 0.3) is 0 Å². The van der Waals surface area contributed by atoms with Crippen LogP contribution in [-0.4, -0.2) is 11.1 Å². The van der Waals surface area contributed by atoms with E-state index in [0.29, 0.717) is 29.0 Å². The molecule has 0 aliphatic heterocycles. The number of alkyl halides is 1. The molecule has 4 heteroatoms. The predicted octanol–water partition coefficient (Wildman–Crippen LogP) is 4.10. The van der Waals surface area contributed by atoms with Gasteiger partial charge in [-0.3, -0.25) is 4.79 Å². The van der Waals surface area contributed by atoms with Crippen molar-refractivity contribution >= 4 is 17.6 Å². The van der Waals surface area contributed by atoms with Gasteiger partial charge < -0.3 is 5.11 Å². The van der Waals surface area contributed by atoms with Gasteiger partial charge in [0.05, 0.1) is 6.42 Å². The summed E-state index contributed by atoms with van der Waals surface area (Å²) in [5, 5.41) is 9.05. The lowest BCUT2D eigenvalue weighted by atomic mass is 9.81. The molecule has 18 heavy (non-hydrogen) atoms. The van der Waals surface area contributed by atoms with Gasteiger partial charge in [-0.25, -0.2) is 4.39 Å². The fraction of sp³-hybridized carbons (Fsp3) is 0.500. The third-order valence-electron chi connectivity index (χ3n) is 3.52. The highest BCUT2D eigenvalue weighted by molar-refractivity contribution is 6.31. The Labute approximate surface area is 111 Å². The zero-order valence-corrected chi connectivity index (χ0v) is 10.8. The van der Waals surface area contributed by atoms with E-state index in [2.05, 4.69) is 0 Å². The number of halogens is 2. The molecular formula is C14H16ClFO2. The average Bonchev–Trinajstić information content (AvgIpc) is 2.28. The molecule has 1 aromatic carbocycles. The molecule has 0 amide bonds. The van der Waals surface area contributed by atoms with Crippen LogP contribution in [0.2, 0.25) is 5.02 Å². The number of benzene rings is 1. The number of rotatable bonds is 3. The summed E-state index contributed by atoms with van der Waals surface area (Å²) < 4.78 is 14.8. The van der Waals surface area contributed by atoms with E-state index in [1.807, 2.05) is 0 Å². The van der Waals surface area contributed by atoms with E-state index in [1.165, 1.54) is 0 Å². The van der Waals surface area contributed by atoms with Crippen LogP contribution in [-0.2, 0) is 16.9 Å². The van der Waals surface area contributed by atoms with Gasteiger partial charge in [-0.15, -0.1) is 0 Å². The summed E-state index contributed by atoms with van der Waals surface area (Å²) in [6.45, 7) is 0. The number of carboxylic acids is 1. The van der Waals surface area contributed by atoms with Crippen molar-refractivity contribution < 1.29 is 14.3 Å². The Bertz CT molecular complexity index is 453. The van der Waals surface area contributed by atoms with Crippen molar-refractivity contribution in [2.24, 2.45) is 0 Å². The maximum atomic E-state index is 14.8. The topological polar surface area (TPSA) is 37.3 Å². The number of hydrogen-bond donors (Lipinski definition) is 1. The van der Waals surface area contributed by atoms with Crippen molar-refractivity contribution in [3.8, 4) is 0 Å². The van der Waals surface area contributed by atoms with Crippen molar-refractivity contribution in [1.82, 2.24) is 0 Å². The Kier molecular flexibility index (Phi) is 3.91. The largest absolute Gasteiger partial charge is 0.481 e. The summed E-state index contributed by atoms with van der Waals surface area (Å²) >= 11 is 6.10. The van der Waals surface area contributed by atoms with Gasteiger partial charge in [0, 0.05) is 10.6 Å². The van der Waals surface area contributed by atoms with Crippen molar-refractivity contribution in [1.29, 1.82) is 0 Å². The fourth-order valence-electron chi connectivity index (χ4n) is 2.59. The lowest BCUT2D eigenvalue weighted by molar-refractivity contribution is -0.136. The first-order chi connectivity index (χ1) is 8.51. The molecule has 1 N–H and O–H groups in total. The summed E-state index contributed by atoms with van der Waals surface area (Å²) in [7, 11) is 0. The second-order valence-electron chi connectivity index (χ2n) is 4.91. The molecule has 2 rings (SSSR count). The number of hydrogen-bond acceptors (Lipinski definition) is 1. The third kappa shape index (κ3) is 2.83. The van der Waals surface area contributed by atoms with Crippen LogP contribution >= 0.6 is 11.6 Å². The minimum Gasteiger partial charge on any atom is -0.481 e. The van der Waals surface area contributed by atoms with Gasteiger partial charge in [-0.2, -0.15) is 0 Å². The Morgan fingerprint density at radius 1 is 1.33 bits per heavy atom. The maximum absolute atomic E-state index is 14.8. The van der Waals surface area contributed by atoms with Crippen LogP contribution < -0.4 is 0 Å². The molecule has 0 heterocycles. The zero-order chi connectivity index (χ0) is 13.2. The van der Waals surface area contributed by atoms with Crippen LogP contribution in [0.5, 0.6) is 0 Å². The molecule has 0 unspecified atom stereocenters. The van der Waals surface area contributed by atoms with Crippen molar-refractivity contribution in [2.45, 2.75) is 44.2 Å². The van der Waals surface area contributed by atoms with E-state index in [0.717, 1.165) is 19.3 Å². The normalized spacial score (nSPS) is 18.6. The molecule has 1 aliphatic rings. The molecule has 0 radical (unpaired) electrons. The average molecular weight is 271 g/mol. The highest BCUT2D eigenvalue weighted by atomic mass is 35.5. The summed E-state index contributed by atoms with van der Waals surface area (Å²) in [6, 6.07) is 4.87. The Hall–Kier alpha value is -1.09. The lowest BCUT2D eigenvalue weighted by Gasteiger charge is -2.30. The van der Waals surface area contributed by atoms with Crippen molar-refractivity contribution in [2.75, 3.05) is 0 Å². The molecule has 0 spiro atoms. The van der Waals surface area contributed by atoms with Crippen LogP contribution in [0.3, 0.4) is 0 Å². The predicted molar refractivity (Wildman–Crippen MR) is 68.7 cm³/mol. The van der Waals surface area contributed by atoms with Gasteiger partial charge in [0.1, 0.15) is 5.67 Å². The summed E-state index contributed by atoms with van der Waals surface area (Å²) in [6.07, 6.45) is 3.75. The van der Waals surface area contributed by atoms with Crippen molar-refractivity contribution in [3.05, 3.63) is 34.3 Å². The summed E-state index contributed by atoms with van der Waals surface area (Å²) in [4.78, 5) is 10.6. The van der Waals surface area contributed by atoms with Gasteiger partial charge in [0.15, 0.2) is 0 Å². The molecule has 1 aliphatic carbocycles. The maximum Gasteiger partial charge on any atom is 0.307 e. The molecule has 1 aromatic rings. The Balaban J connectivity index is 2.26. The van der Waals surface area contributed by atoms with Crippen LogP contribution in [0.1, 0.15) is 43.2 Å². The minimum atomic E-state index is -1.34.